The summed E-state index contributed by atoms with van der Waals surface area (Å²) < 4.78 is 0. The van der Waals surface area contributed by atoms with E-state index in [0.29, 0.717) is 4.90 Å². The summed E-state index contributed by atoms with van der Waals surface area (Å²) in [6.45, 7) is 0. The Kier molecular flexibility index (Phi) is 1.50. The van der Waals surface area contributed by atoms with Gasteiger partial charge in [-0.3, -0.25) is 14.4 Å². The van der Waals surface area contributed by atoms with E-state index in [0.717, 1.165) is 0 Å². The summed E-state index contributed by atoms with van der Waals surface area (Å²) in [6, 6.07) is 0. The van der Waals surface area contributed by atoms with E-state index in [1.807, 2.05) is 0 Å². The van der Waals surface area contributed by atoms with E-state index < -0.39 is 17.9 Å². The molecule has 10 heavy (non-hydrogen) atoms. The number of aliphatic hydroxyl groups is 1. The van der Waals surface area contributed by atoms with Gasteiger partial charge in [-0.1, -0.05) is 0 Å². The van der Waals surface area contributed by atoms with Crippen LogP contribution in [0.2, 0.25) is 0 Å². The minimum atomic E-state index is -1.32. The van der Waals surface area contributed by atoms with Gasteiger partial charge >= 0.3 is 0 Å². The molecule has 0 aromatic carbocycles. The lowest BCUT2D eigenvalue weighted by atomic mass is 10.3. The average Bonchev–Trinajstić information content (AvgIpc) is 2.09. The zero-order valence-electron chi connectivity index (χ0n) is 4.98. The van der Waals surface area contributed by atoms with Crippen molar-refractivity contribution in [1.29, 1.82) is 0 Å². The van der Waals surface area contributed by atoms with E-state index >= 15 is 0 Å². The molecule has 54 valence electrons. The van der Waals surface area contributed by atoms with Crippen LogP contribution in [-0.2, 0) is 14.4 Å². The van der Waals surface area contributed by atoms with Crippen molar-refractivity contribution < 1.29 is 19.5 Å². The topological polar surface area (TPSA) is 74.7 Å². The van der Waals surface area contributed by atoms with Crippen LogP contribution in [0, 0.1) is 0 Å². The fourth-order valence-electron chi connectivity index (χ4n) is 0.745. The Bertz CT molecular complexity index is 200. The van der Waals surface area contributed by atoms with Crippen molar-refractivity contribution in [2.45, 2.75) is 12.5 Å². The summed E-state index contributed by atoms with van der Waals surface area (Å²) in [5.74, 6) is -1.48. The first-order valence-corrected chi connectivity index (χ1v) is 2.66. The SMILES string of the molecule is O=CN1C(=O)CC(O)C1=O. The molecule has 0 spiro atoms. The third-order valence-electron chi connectivity index (χ3n) is 1.26. The van der Waals surface area contributed by atoms with Gasteiger partial charge in [0, 0.05) is 0 Å². The molecule has 1 aliphatic rings. The molecule has 1 aliphatic heterocycles. The number of hydrogen-bond donors (Lipinski definition) is 1. The number of hydrogen-bond acceptors (Lipinski definition) is 4. The van der Waals surface area contributed by atoms with Gasteiger partial charge in [-0.15, -0.1) is 0 Å². The quantitative estimate of drug-likeness (QED) is 0.349. The molecule has 0 aromatic rings. The Labute approximate surface area is 56.2 Å². The zero-order valence-corrected chi connectivity index (χ0v) is 4.98. The molecule has 0 bridgehead atoms. The molecule has 0 aromatic heterocycles. The van der Waals surface area contributed by atoms with Gasteiger partial charge in [0.25, 0.3) is 5.91 Å². The molecule has 1 atom stereocenters. The summed E-state index contributed by atoms with van der Waals surface area (Å²) in [4.78, 5) is 31.4. The molecule has 1 saturated heterocycles. The van der Waals surface area contributed by atoms with Gasteiger partial charge in [-0.05, 0) is 0 Å². The van der Waals surface area contributed by atoms with Crippen LogP contribution in [0.15, 0.2) is 0 Å². The summed E-state index contributed by atoms with van der Waals surface area (Å²) in [7, 11) is 0. The van der Waals surface area contributed by atoms with Gasteiger partial charge < -0.3 is 5.11 Å². The monoisotopic (exact) mass is 143 g/mol. The van der Waals surface area contributed by atoms with Crippen molar-refractivity contribution in [2.24, 2.45) is 0 Å². The minimum absolute atomic E-state index is 0.112. The number of aliphatic hydroxyl groups excluding tert-OH is 1. The number of rotatable bonds is 1. The van der Waals surface area contributed by atoms with Crippen LogP contribution in [0.25, 0.3) is 0 Å². The van der Waals surface area contributed by atoms with E-state index in [4.69, 9.17) is 5.11 Å². The molecular formula is C5H5NO4. The van der Waals surface area contributed by atoms with E-state index in [2.05, 4.69) is 0 Å². The van der Waals surface area contributed by atoms with E-state index in [1.54, 1.807) is 0 Å². The fraction of sp³-hybridized carbons (Fsp3) is 0.400. The molecule has 1 fully saturated rings. The van der Waals surface area contributed by atoms with Crippen molar-refractivity contribution in [3.8, 4) is 0 Å². The lowest BCUT2D eigenvalue weighted by Crippen LogP contribution is -2.30. The van der Waals surface area contributed by atoms with Crippen molar-refractivity contribution >= 4 is 18.2 Å². The molecule has 1 unspecified atom stereocenters. The van der Waals surface area contributed by atoms with Crippen LogP contribution < -0.4 is 0 Å². The molecule has 0 saturated carbocycles. The molecule has 0 aliphatic carbocycles. The maximum Gasteiger partial charge on any atom is 0.265 e. The zero-order chi connectivity index (χ0) is 7.72. The fourth-order valence-corrected chi connectivity index (χ4v) is 0.745. The predicted octanol–water partition coefficient (Wildman–Crippen LogP) is -1.74. The van der Waals surface area contributed by atoms with Gasteiger partial charge in [-0.25, -0.2) is 4.90 Å². The molecule has 5 nitrogen and oxygen atoms in total. The Morgan fingerprint density at radius 2 is 2.20 bits per heavy atom. The Balaban J connectivity index is 2.83. The first kappa shape index (κ1) is 6.88. The lowest BCUT2D eigenvalue weighted by molar-refractivity contribution is -0.145. The molecular weight excluding hydrogens is 138 g/mol. The lowest BCUT2D eigenvalue weighted by Gasteiger charge is -2.00. The van der Waals surface area contributed by atoms with Crippen LogP contribution in [-0.4, -0.2) is 34.3 Å². The number of carbonyl (C=O) groups is 3. The Hall–Kier alpha value is -1.23. The summed E-state index contributed by atoms with van der Waals surface area (Å²) >= 11 is 0. The standard InChI is InChI=1S/C5H5NO4/c7-2-6-4(9)1-3(8)5(6)10/h2-3,8H,1H2. The summed E-state index contributed by atoms with van der Waals surface area (Å²) in [5.41, 5.74) is 0. The highest BCUT2D eigenvalue weighted by atomic mass is 16.3. The smallest absolute Gasteiger partial charge is 0.265 e. The largest absolute Gasteiger partial charge is 0.383 e. The normalized spacial score (nSPS) is 25.7. The van der Waals surface area contributed by atoms with Crippen molar-refractivity contribution in [2.75, 3.05) is 0 Å². The Morgan fingerprint density at radius 3 is 2.40 bits per heavy atom. The second-order valence-electron chi connectivity index (χ2n) is 1.93. The van der Waals surface area contributed by atoms with Crippen LogP contribution in [0.4, 0.5) is 0 Å². The maximum absolute atomic E-state index is 10.6. The van der Waals surface area contributed by atoms with Gasteiger partial charge in [0.15, 0.2) is 0 Å². The number of carbonyl (C=O) groups excluding carboxylic acids is 3. The van der Waals surface area contributed by atoms with Gasteiger partial charge in [0.1, 0.15) is 6.10 Å². The maximum atomic E-state index is 10.6. The van der Waals surface area contributed by atoms with Crippen molar-refractivity contribution in [1.82, 2.24) is 4.90 Å². The number of amides is 3. The first-order valence-electron chi connectivity index (χ1n) is 2.66. The second kappa shape index (κ2) is 2.18. The Morgan fingerprint density at radius 1 is 1.60 bits per heavy atom. The molecule has 0 radical (unpaired) electrons. The van der Waals surface area contributed by atoms with E-state index in [1.165, 1.54) is 0 Å². The molecule has 1 rings (SSSR count). The van der Waals surface area contributed by atoms with Gasteiger partial charge in [0.05, 0.1) is 6.42 Å². The molecule has 1 N–H and O–H groups in total. The van der Waals surface area contributed by atoms with Crippen molar-refractivity contribution in [3.63, 3.8) is 0 Å². The van der Waals surface area contributed by atoms with Gasteiger partial charge in [-0.2, -0.15) is 0 Å². The minimum Gasteiger partial charge on any atom is -0.383 e. The highest BCUT2D eigenvalue weighted by Gasteiger charge is 2.36. The highest BCUT2D eigenvalue weighted by Crippen LogP contribution is 2.09. The number of nitrogens with zero attached hydrogens (tertiary/aromatic N) is 1. The summed E-state index contributed by atoms with van der Waals surface area (Å²) in [6.07, 6.45) is -1.49. The predicted molar refractivity (Wildman–Crippen MR) is 28.5 cm³/mol. The highest BCUT2D eigenvalue weighted by molar-refractivity contribution is 6.12. The van der Waals surface area contributed by atoms with E-state index in [-0.39, 0.29) is 12.8 Å². The summed E-state index contributed by atoms with van der Waals surface area (Å²) in [5, 5.41) is 8.70. The number of imide groups is 3. The van der Waals surface area contributed by atoms with Crippen LogP contribution >= 0.6 is 0 Å². The first-order chi connectivity index (χ1) is 4.66. The molecule has 1 heterocycles. The molecule has 5 heteroatoms. The van der Waals surface area contributed by atoms with E-state index in [9.17, 15) is 14.4 Å². The number of likely N-dealkylation sites (tertiary alicyclic amines) is 1. The van der Waals surface area contributed by atoms with Crippen LogP contribution in [0.1, 0.15) is 6.42 Å². The third-order valence-corrected chi connectivity index (χ3v) is 1.26. The van der Waals surface area contributed by atoms with Crippen LogP contribution in [0.3, 0.4) is 0 Å². The van der Waals surface area contributed by atoms with Crippen molar-refractivity contribution in [3.05, 3.63) is 0 Å². The van der Waals surface area contributed by atoms with Gasteiger partial charge in [0.2, 0.25) is 12.3 Å². The molecule has 3 amide bonds. The second-order valence-corrected chi connectivity index (χ2v) is 1.93. The van der Waals surface area contributed by atoms with Crippen LogP contribution in [0.5, 0.6) is 0 Å². The third kappa shape index (κ3) is 0.801. The average molecular weight is 143 g/mol.